The van der Waals surface area contributed by atoms with Crippen molar-refractivity contribution in [2.45, 2.75) is 63.2 Å². The van der Waals surface area contributed by atoms with Crippen molar-refractivity contribution in [3.05, 3.63) is 95.1 Å². The first-order chi connectivity index (χ1) is 20.2. The van der Waals surface area contributed by atoms with Gasteiger partial charge in [0.15, 0.2) is 6.29 Å². The minimum atomic E-state index is -1.00. The Balaban J connectivity index is 1.46. The lowest BCUT2D eigenvalue weighted by Crippen LogP contribution is -2.38. The Morgan fingerprint density at radius 2 is 1.50 bits per heavy atom. The molecule has 10 heteroatoms. The van der Waals surface area contributed by atoms with Crippen LogP contribution in [0.5, 0.6) is 0 Å². The van der Waals surface area contributed by atoms with Gasteiger partial charge >= 0.3 is 5.97 Å². The van der Waals surface area contributed by atoms with Gasteiger partial charge < -0.3 is 30.3 Å². The molecule has 3 aromatic carbocycles. The standard InChI is InChI=1S/C32H36N2O7S/c1-20-28(19-42-27-13-11-26(12-14-27)34-21(2)36)40-32(41-31(20)24-7-5-23(18-35)6-8-24)25-9-3-22(4-10-25)17-33-29(37)15-16-30(38)39/h3-14,20,28,31-32,35H,15-19H2,1-2H3,(H,33,37)(H,34,36)(H,38,39)/t20-,28+,31+,32+/m0/s1. The van der Waals surface area contributed by atoms with Crippen molar-refractivity contribution in [2.24, 2.45) is 5.92 Å². The number of hydrogen-bond acceptors (Lipinski definition) is 7. The molecular formula is C32H36N2O7S. The van der Waals surface area contributed by atoms with Crippen molar-refractivity contribution in [1.82, 2.24) is 5.32 Å². The first-order valence-corrected chi connectivity index (χ1v) is 14.8. The number of aliphatic carboxylic acids is 1. The van der Waals surface area contributed by atoms with E-state index in [4.69, 9.17) is 14.6 Å². The molecule has 4 atom stereocenters. The van der Waals surface area contributed by atoms with Crippen molar-refractivity contribution in [3.8, 4) is 0 Å². The molecule has 1 saturated heterocycles. The van der Waals surface area contributed by atoms with Crippen molar-refractivity contribution in [2.75, 3.05) is 11.1 Å². The third-order valence-electron chi connectivity index (χ3n) is 7.02. The predicted octanol–water partition coefficient (Wildman–Crippen LogP) is 5.20. The third-order valence-corrected chi connectivity index (χ3v) is 8.12. The highest BCUT2D eigenvalue weighted by atomic mass is 32.2. The van der Waals surface area contributed by atoms with Gasteiger partial charge in [0, 0.05) is 47.7 Å². The Morgan fingerprint density at radius 3 is 2.12 bits per heavy atom. The maximum absolute atomic E-state index is 11.9. The molecule has 4 rings (SSSR count). The molecule has 0 aliphatic carbocycles. The first-order valence-electron chi connectivity index (χ1n) is 13.8. The van der Waals surface area contributed by atoms with Crippen LogP contribution < -0.4 is 10.6 Å². The van der Waals surface area contributed by atoms with E-state index in [-0.39, 0.29) is 49.4 Å². The van der Waals surface area contributed by atoms with E-state index in [0.717, 1.165) is 32.8 Å². The van der Waals surface area contributed by atoms with E-state index in [0.29, 0.717) is 12.3 Å². The van der Waals surface area contributed by atoms with Crippen molar-refractivity contribution in [3.63, 3.8) is 0 Å². The molecule has 0 spiro atoms. The molecule has 1 aliphatic rings. The van der Waals surface area contributed by atoms with Gasteiger partial charge in [0.2, 0.25) is 11.8 Å². The van der Waals surface area contributed by atoms with Gasteiger partial charge in [-0.2, -0.15) is 0 Å². The number of rotatable bonds is 12. The molecule has 0 bridgehead atoms. The number of anilines is 1. The van der Waals surface area contributed by atoms with Crippen LogP contribution in [0.3, 0.4) is 0 Å². The number of aliphatic hydroxyl groups excluding tert-OH is 1. The molecule has 0 radical (unpaired) electrons. The van der Waals surface area contributed by atoms with Gasteiger partial charge in [-0.05, 0) is 41.0 Å². The second-order valence-electron chi connectivity index (χ2n) is 10.3. The summed E-state index contributed by atoms with van der Waals surface area (Å²) in [6.45, 7) is 3.86. The fraction of sp³-hybridized carbons (Fsp3) is 0.344. The van der Waals surface area contributed by atoms with Crippen LogP contribution in [0, 0.1) is 5.92 Å². The van der Waals surface area contributed by atoms with E-state index < -0.39 is 12.3 Å². The molecule has 0 aromatic heterocycles. The fourth-order valence-electron chi connectivity index (χ4n) is 4.63. The molecule has 0 saturated carbocycles. The van der Waals surface area contributed by atoms with E-state index >= 15 is 0 Å². The summed E-state index contributed by atoms with van der Waals surface area (Å²) in [6.07, 6.45) is -1.26. The first kappa shape index (κ1) is 31.2. The summed E-state index contributed by atoms with van der Waals surface area (Å²) in [4.78, 5) is 35.0. The summed E-state index contributed by atoms with van der Waals surface area (Å²) in [5.41, 5.74) is 4.29. The largest absolute Gasteiger partial charge is 0.481 e. The lowest BCUT2D eigenvalue weighted by atomic mass is 9.91. The minimum Gasteiger partial charge on any atom is -0.481 e. The molecule has 2 amide bonds. The smallest absolute Gasteiger partial charge is 0.303 e. The van der Waals surface area contributed by atoms with Gasteiger partial charge in [0.05, 0.1) is 25.2 Å². The van der Waals surface area contributed by atoms with Crippen molar-refractivity contribution >= 4 is 35.2 Å². The Kier molecular flexibility index (Phi) is 11.1. The Labute approximate surface area is 249 Å². The lowest BCUT2D eigenvalue weighted by molar-refractivity contribution is -0.268. The van der Waals surface area contributed by atoms with Gasteiger partial charge in [-0.25, -0.2) is 0 Å². The lowest BCUT2D eigenvalue weighted by Gasteiger charge is -2.41. The zero-order valence-electron chi connectivity index (χ0n) is 23.6. The van der Waals surface area contributed by atoms with Gasteiger partial charge in [-0.1, -0.05) is 55.5 Å². The van der Waals surface area contributed by atoms with Crippen LogP contribution in [-0.2, 0) is 37.0 Å². The van der Waals surface area contributed by atoms with Gasteiger partial charge in [0.1, 0.15) is 0 Å². The van der Waals surface area contributed by atoms with E-state index in [9.17, 15) is 19.5 Å². The maximum Gasteiger partial charge on any atom is 0.303 e. The zero-order chi connectivity index (χ0) is 30.1. The highest BCUT2D eigenvalue weighted by Gasteiger charge is 2.38. The SMILES string of the molecule is CC(=O)Nc1ccc(SC[C@H]2O[C@@H](c3ccc(CNC(=O)CCC(=O)O)cc3)O[C@@H](c3ccc(CO)cc3)[C@H]2C)cc1. The average Bonchev–Trinajstić information content (AvgIpc) is 2.99. The number of carbonyl (C=O) groups excluding carboxylic acids is 2. The number of aliphatic hydroxyl groups is 1. The topological polar surface area (TPSA) is 134 Å². The number of hydrogen-bond donors (Lipinski definition) is 4. The summed E-state index contributed by atoms with van der Waals surface area (Å²) in [6, 6.07) is 23.1. The average molecular weight is 593 g/mol. The van der Waals surface area contributed by atoms with Crippen LogP contribution in [-0.4, -0.2) is 39.9 Å². The molecule has 9 nitrogen and oxygen atoms in total. The van der Waals surface area contributed by atoms with Crippen molar-refractivity contribution < 1.29 is 34.1 Å². The second kappa shape index (κ2) is 15.0. The minimum absolute atomic E-state index is 0.0283. The van der Waals surface area contributed by atoms with Crippen LogP contribution >= 0.6 is 11.8 Å². The number of carboxylic acids is 1. The molecule has 0 unspecified atom stereocenters. The van der Waals surface area contributed by atoms with Gasteiger partial charge in [-0.15, -0.1) is 11.8 Å². The van der Waals surface area contributed by atoms with Gasteiger partial charge in [-0.3, -0.25) is 14.4 Å². The van der Waals surface area contributed by atoms with E-state index in [1.807, 2.05) is 72.8 Å². The number of ether oxygens (including phenoxy) is 2. The Bertz CT molecular complexity index is 1350. The predicted molar refractivity (Wildman–Crippen MR) is 160 cm³/mol. The summed E-state index contributed by atoms with van der Waals surface area (Å²) in [7, 11) is 0. The van der Waals surface area contributed by atoms with Crippen LogP contribution in [0.4, 0.5) is 5.69 Å². The highest BCUT2D eigenvalue weighted by Crippen LogP contribution is 2.43. The number of benzene rings is 3. The molecule has 4 N–H and O–H groups in total. The molecule has 3 aromatic rings. The number of carbonyl (C=O) groups is 3. The number of thioether (sulfide) groups is 1. The summed E-state index contributed by atoms with van der Waals surface area (Å²) in [5, 5.41) is 23.8. The van der Waals surface area contributed by atoms with Crippen LogP contribution in [0.15, 0.2) is 77.7 Å². The zero-order valence-corrected chi connectivity index (χ0v) is 24.4. The maximum atomic E-state index is 11.9. The highest BCUT2D eigenvalue weighted by molar-refractivity contribution is 7.99. The molecule has 42 heavy (non-hydrogen) atoms. The number of carboxylic acid groups (broad SMARTS) is 1. The number of nitrogens with one attached hydrogen (secondary N) is 2. The van der Waals surface area contributed by atoms with E-state index in [1.54, 1.807) is 11.8 Å². The van der Waals surface area contributed by atoms with E-state index in [1.165, 1.54) is 6.92 Å². The van der Waals surface area contributed by atoms with E-state index in [2.05, 4.69) is 17.6 Å². The molecule has 1 heterocycles. The monoisotopic (exact) mass is 592 g/mol. The fourth-order valence-corrected chi connectivity index (χ4v) is 5.70. The second-order valence-corrected chi connectivity index (χ2v) is 11.3. The molecule has 222 valence electrons. The third kappa shape index (κ3) is 8.90. The van der Waals surface area contributed by atoms with Crippen LogP contribution in [0.25, 0.3) is 0 Å². The normalized spacial score (nSPS) is 20.1. The Hall–Kier alpha value is -3.70. The van der Waals surface area contributed by atoms with Gasteiger partial charge in [0.25, 0.3) is 0 Å². The Morgan fingerprint density at radius 1 is 0.857 bits per heavy atom. The summed E-state index contributed by atoms with van der Waals surface area (Å²) in [5.74, 6) is -0.707. The van der Waals surface area contributed by atoms with Crippen LogP contribution in [0.1, 0.15) is 61.3 Å². The molecule has 1 aliphatic heterocycles. The number of amides is 2. The summed E-state index contributed by atoms with van der Waals surface area (Å²) < 4.78 is 13.0. The summed E-state index contributed by atoms with van der Waals surface area (Å²) >= 11 is 1.67. The molecule has 1 fully saturated rings. The molecular weight excluding hydrogens is 556 g/mol. The van der Waals surface area contributed by atoms with Crippen LogP contribution in [0.2, 0.25) is 0 Å². The quantitative estimate of drug-likeness (QED) is 0.211. The van der Waals surface area contributed by atoms with Crippen molar-refractivity contribution in [1.29, 1.82) is 0 Å².